The van der Waals surface area contributed by atoms with Crippen LogP contribution >= 0.6 is 0 Å². The summed E-state index contributed by atoms with van der Waals surface area (Å²) in [5.74, 6) is 2.18. The smallest absolute Gasteiger partial charge is 0.165 e. The van der Waals surface area contributed by atoms with Crippen LogP contribution in [-0.2, 0) is 6.54 Å². The predicted octanol–water partition coefficient (Wildman–Crippen LogP) is 1.87. The molecule has 2 atom stereocenters. The lowest BCUT2D eigenvalue weighted by Crippen LogP contribution is -2.45. The van der Waals surface area contributed by atoms with Gasteiger partial charge < -0.3 is 15.2 Å². The molecule has 0 spiro atoms. The third-order valence-corrected chi connectivity index (χ3v) is 3.93. The van der Waals surface area contributed by atoms with Crippen LogP contribution in [0.15, 0.2) is 18.2 Å². The zero-order chi connectivity index (χ0) is 13.8. The number of rotatable bonds is 4. The van der Waals surface area contributed by atoms with Gasteiger partial charge in [0.1, 0.15) is 0 Å². The maximum absolute atomic E-state index is 6.06. The molecule has 2 rings (SSSR count). The molecule has 2 N–H and O–H groups in total. The first kappa shape index (κ1) is 14.2. The van der Waals surface area contributed by atoms with Crippen molar-refractivity contribution in [3.8, 4) is 11.5 Å². The Morgan fingerprint density at radius 3 is 2.74 bits per heavy atom. The lowest BCUT2D eigenvalue weighted by Gasteiger charge is -2.35. The minimum Gasteiger partial charge on any atom is -0.493 e. The van der Waals surface area contributed by atoms with Crippen molar-refractivity contribution in [1.29, 1.82) is 0 Å². The van der Waals surface area contributed by atoms with E-state index in [0.717, 1.165) is 37.6 Å². The highest BCUT2D eigenvalue weighted by Gasteiger charge is 2.24. The van der Waals surface area contributed by atoms with E-state index < -0.39 is 0 Å². The van der Waals surface area contributed by atoms with Gasteiger partial charge in [-0.25, -0.2) is 0 Å². The highest BCUT2D eigenvalue weighted by molar-refractivity contribution is 5.46. The minimum absolute atomic E-state index is 0.337. The summed E-state index contributed by atoms with van der Waals surface area (Å²) < 4.78 is 10.8. The van der Waals surface area contributed by atoms with E-state index in [0.29, 0.717) is 12.0 Å². The van der Waals surface area contributed by atoms with Crippen LogP contribution in [0.2, 0.25) is 0 Å². The number of hydrogen-bond acceptors (Lipinski definition) is 4. The van der Waals surface area contributed by atoms with Crippen molar-refractivity contribution in [3.05, 3.63) is 23.8 Å². The van der Waals surface area contributed by atoms with Gasteiger partial charge in [-0.3, -0.25) is 4.90 Å². The Morgan fingerprint density at radius 1 is 1.32 bits per heavy atom. The Kier molecular flexibility index (Phi) is 4.66. The van der Waals surface area contributed by atoms with E-state index in [1.165, 1.54) is 5.56 Å². The maximum atomic E-state index is 6.06. The molecule has 0 saturated carbocycles. The molecule has 1 aliphatic rings. The van der Waals surface area contributed by atoms with Gasteiger partial charge in [-0.15, -0.1) is 0 Å². The third kappa shape index (κ3) is 3.19. The molecule has 4 heteroatoms. The highest BCUT2D eigenvalue weighted by atomic mass is 16.5. The van der Waals surface area contributed by atoms with E-state index >= 15 is 0 Å². The van der Waals surface area contributed by atoms with Crippen LogP contribution in [0.4, 0.5) is 0 Å². The molecule has 0 aliphatic carbocycles. The summed E-state index contributed by atoms with van der Waals surface area (Å²) in [6.07, 6.45) is 1.06. The molecule has 4 nitrogen and oxygen atoms in total. The van der Waals surface area contributed by atoms with E-state index in [1.807, 2.05) is 12.1 Å². The van der Waals surface area contributed by atoms with Crippen LogP contribution in [0.1, 0.15) is 18.9 Å². The molecule has 1 heterocycles. The number of hydrogen-bond donors (Lipinski definition) is 1. The molecule has 106 valence electrons. The second-order valence-electron chi connectivity index (χ2n) is 5.32. The minimum atomic E-state index is 0.337. The molecule has 0 amide bonds. The summed E-state index contributed by atoms with van der Waals surface area (Å²) in [7, 11) is 3.36. The standard InChI is InChI=1S/C15H24N2O2/c1-11-9-17(8-7-13(11)16)10-12-5-4-6-14(18-2)15(12)19-3/h4-6,11,13H,7-10,16H2,1-3H3. The average Bonchev–Trinajstić information content (AvgIpc) is 2.42. The molecule has 0 radical (unpaired) electrons. The van der Waals surface area contributed by atoms with Crippen LogP contribution in [0.25, 0.3) is 0 Å². The van der Waals surface area contributed by atoms with Gasteiger partial charge in [-0.1, -0.05) is 19.1 Å². The molecule has 1 aromatic carbocycles. The lowest BCUT2D eigenvalue weighted by atomic mass is 9.94. The Labute approximate surface area is 115 Å². The zero-order valence-corrected chi connectivity index (χ0v) is 12.1. The van der Waals surface area contributed by atoms with E-state index in [1.54, 1.807) is 14.2 Å². The molecular weight excluding hydrogens is 240 g/mol. The highest BCUT2D eigenvalue weighted by Crippen LogP contribution is 2.32. The molecule has 0 bridgehead atoms. The van der Waals surface area contributed by atoms with Crippen molar-refractivity contribution in [1.82, 2.24) is 4.90 Å². The molecule has 1 aliphatic heterocycles. The number of benzene rings is 1. The van der Waals surface area contributed by atoms with Gasteiger partial charge in [0, 0.05) is 24.7 Å². The number of piperidine rings is 1. The van der Waals surface area contributed by atoms with Crippen molar-refractivity contribution in [2.45, 2.75) is 25.9 Å². The second kappa shape index (κ2) is 6.26. The van der Waals surface area contributed by atoms with Gasteiger partial charge in [0.2, 0.25) is 0 Å². The van der Waals surface area contributed by atoms with Crippen LogP contribution in [-0.4, -0.2) is 38.3 Å². The number of para-hydroxylation sites is 1. The number of nitrogens with zero attached hydrogens (tertiary/aromatic N) is 1. The first-order valence-electron chi connectivity index (χ1n) is 6.83. The van der Waals surface area contributed by atoms with Crippen molar-refractivity contribution >= 4 is 0 Å². The van der Waals surface area contributed by atoms with Gasteiger partial charge in [0.15, 0.2) is 11.5 Å². The number of methoxy groups -OCH3 is 2. The van der Waals surface area contributed by atoms with E-state index in [-0.39, 0.29) is 0 Å². The van der Waals surface area contributed by atoms with Gasteiger partial charge >= 0.3 is 0 Å². The predicted molar refractivity (Wildman–Crippen MR) is 76.6 cm³/mol. The molecule has 19 heavy (non-hydrogen) atoms. The topological polar surface area (TPSA) is 47.7 Å². The van der Waals surface area contributed by atoms with Crippen molar-refractivity contribution < 1.29 is 9.47 Å². The van der Waals surface area contributed by atoms with Crippen LogP contribution in [0.3, 0.4) is 0 Å². The van der Waals surface area contributed by atoms with Gasteiger partial charge in [0.05, 0.1) is 14.2 Å². The van der Waals surface area contributed by atoms with E-state index in [9.17, 15) is 0 Å². The normalized spacial score (nSPS) is 24.2. The molecule has 1 saturated heterocycles. The van der Waals surface area contributed by atoms with Crippen molar-refractivity contribution in [2.75, 3.05) is 27.3 Å². The summed E-state index contributed by atoms with van der Waals surface area (Å²) in [5, 5.41) is 0. The fourth-order valence-corrected chi connectivity index (χ4v) is 2.71. The quantitative estimate of drug-likeness (QED) is 0.902. The van der Waals surface area contributed by atoms with Crippen LogP contribution in [0, 0.1) is 5.92 Å². The Balaban J connectivity index is 2.11. The van der Waals surface area contributed by atoms with Gasteiger partial charge in [-0.2, -0.15) is 0 Å². The molecule has 0 aromatic heterocycles. The van der Waals surface area contributed by atoms with Crippen molar-refractivity contribution in [3.63, 3.8) is 0 Å². The SMILES string of the molecule is COc1cccc(CN2CCC(N)C(C)C2)c1OC. The summed E-state index contributed by atoms with van der Waals surface area (Å²) >= 11 is 0. The third-order valence-electron chi connectivity index (χ3n) is 3.93. The molecule has 1 fully saturated rings. The van der Waals surface area contributed by atoms with Crippen LogP contribution < -0.4 is 15.2 Å². The molecular formula is C15H24N2O2. The van der Waals surface area contributed by atoms with Crippen LogP contribution in [0.5, 0.6) is 11.5 Å². The Morgan fingerprint density at radius 2 is 2.11 bits per heavy atom. The lowest BCUT2D eigenvalue weighted by molar-refractivity contribution is 0.156. The summed E-state index contributed by atoms with van der Waals surface area (Å²) in [6, 6.07) is 6.37. The zero-order valence-electron chi connectivity index (χ0n) is 12.1. The van der Waals surface area contributed by atoms with Crippen molar-refractivity contribution in [2.24, 2.45) is 11.7 Å². The summed E-state index contributed by atoms with van der Waals surface area (Å²) in [5.41, 5.74) is 7.24. The Hall–Kier alpha value is -1.26. The monoisotopic (exact) mass is 264 g/mol. The number of likely N-dealkylation sites (tertiary alicyclic amines) is 1. The van der Waals surface area contributed by atoms with Gasteiger partial charge in [-0.05, 0) is 24.9 Å². The molecule has 1 aromatic rings. The Bertz CT molecular complexity index is 423. The van der Waals surface area contributed by atoms with E-state index in [4.69, 9.17) is 15.2 Å². The summed E-state index contributed by atoms with van der Waals surface area (Å²) in [4.78, 5) is 2.44. The first-order chi connectivity index (χ1) is 9.15. The maximum Gasteiger partial charge on any atom is 0.165 e. The fraction of sp³-hybridized carbons (Fsp3) is 0.600. The van der Waals surface area contributed by atoms with E-state index in [2.05, 4.69) is 17.9 Å². The number of ether oxygens (including phenoxy) is 2. The largest absolute Gasteiger partial charge is 0.493 e. The number of nitrogens with two attached hydrogens (primary N) is 1. The van der Waals surface area contributed by atoms with Gasteiger partial charge in [0.25, 0.3) is 0 Å². The average molecular weight is 264 g/mol. The second-order valence-corrected chi connectivity index (χ2v) is 5.32. The first-order valence-corrected chi connectivity index (χ1v) is 6.83. The summed E-state index contributed by atoms with van der Waals surface area (Å²) in [6.45, 7) is 5.20. The fourth-order valence-electron chi connectivity index (χ4n) is 2.71. The molecule has 2 unspecified atom stereocenters.